The van der Waals surface area contributed by atoms with Crippen LogP contribution >= 0.6 is 23.2 Å². The third kappa shape index (κ3) is 2.78. The molecule has 6 heteroatoms. The normalized spacial score (nSPS) is 21.9. The molecule has 0 saturated heterocycles. The zero-order valence-corrected chi connectivity index (χ0v) is 17.1. The molecule has 1 N–H and O–H groups in total. The van der Waals surface area contributed by atoms with Crippen LogP contribution in [0.1, 0.15) is 43.7 Å². The third-order valence-electron chi connectivity index (χ3n) is 5.62. The van der Waals surface area contributed by atoms with E-state index in [2.05, 4.69) is 19.2 Å². The predicted octanol–water partition coefficient (Wildman–Crippen LogP) is 5.92. The van der Waals surface area contributed by atoms with E-state index in [1.807, 2.05) is 24.3 Å². The lowest BCUT2D eigenvalue weighted by molar-refractivity contribution is -0.118. The van der Waals surface area contributed by atoms with Crippen LogP contribution in [-0.2, 0) is 4.79 Å². The van der Waals surface area contributed by atoms with E-state index in [1.54, 1.807) is 6.07 Å². The van der Waals surface area contributed by atoms with E-state index in [9.17, 15) is 4.79 Å². The van der Waals surface area contributed by atoms with E-state index >= 15 is 0 Å². The highest BCUT2D eigenvalue weighted by atomic mass is 35.5. The molecule has 2 aliphatic heterocycles. The second kappa shape index (κ2) is 6.16. The Kier molecular flexibility index (Phi) is 3.94. The number of carbonyl (C=O) groups excluding carboxylic acids is 1. The second-order valence-corrected chi connectivity index (χ2v) is 9.19. The van der Waals surface area contributed by atoms with Crippen molar-refractivity contribution in [1.82, 2.24) is 0 Å². The molecule has 0 fully saturated rings. The van der Waals surface area contributed by atoms with E-state index in [0.29, 0.717) is 28.0 Å². The van der Waals surface area contributed by atoms with Gasteiger partial charge in [-0.05, 0) is 41.2 Å². The first-order valence-electron chi connectivity index (χ1n) is 9.24. The Morgan fingerprint density at radius 1 is 1.04 bits per heavy atom. The van der Waals surface area contributed by atoms with Crippen molar-refractivity contribution in [2.75, 3.05) is 12.1 Å². The summed E-state index contributed by atoms with van der Waals surface area (Å²) in [5, 5.41) is 4.62. The molecule has 144 valence electrons. The van der Waals surface area contributed by atoms with Gasteiger partial charge in [0.15, 0.2) is 17.3 Å². The molecular formula is C22H19Cl2NO3. The fourth-order valence-electron chi connectivity index (χ4n) is 4.46. The summed E-state index contributed by atoms with van der Waals surface area (Å²) in [7, 11) is 0. The fourth-order valence-corrected chi connectivity index (χ4v) is 4.98. The maximum absolute atomic E-state index is 13.2. The van der Waals surface area contributed by atoms with Gasteiger partial charge in [0.05, 0.1) is 0 Å². The molecule has 0 spiro atoms. The maximum atomic E-state index is 13.2. The SMILES string of the molecule is CC1(C)CC(=O)C2=C(C1)Nc1cc3c(cc1[C@@H]2c1ccc(Cl)cc1Cl)OCO3. The molecule has 4 nitrogen and oxygen atoms in total. The van der Waals surface area contributed by atoms with Gasteiger partial charge in [0, 0.05) is 45.4 Å². The van der Waals surface area contributed by atoms with Crippen molar-refractivity contribution in [1.29, 1.82) is 0 Å². The summed E-state index contributed by atoms with van der Waals surface area (Å²) in [6.45, 7) is 4.44. The van der Waals surface area contributed by atoms with Gasteiger partial charge in [-0.1, -0.05) is 43.1 Å². The number of Topliss-reactive ketones (excluding diaryl/α,β-unsaturated/α-hetero) is 1. The van der Waals surface area contributed by atoms with Gasteiger partial charge in [0.1, 0.15) is 0 Å². The molecule has 5 rings (SSSR count). The number of hydrogen-bond donors (Lipinski definition) is 1. The van der Waals surface area contributed by atoms with Crippen LogP contribution in [0.15, 0.2) is 41.6 Å². The lowest BCUT2D eigenvalue weighted by Crippen LogP contribution is -2.33. The molecule has 1 atom stereocenters. The summed E-state index contributed by atoms with van der Waals surface area (Å²) in [4.78, 5) is 13.2. The topological polar surface area (TPSA) is 47.6 Å². The van der Waals surface area contributed by atoms with Crippen molar-refractivity contribution in [3.05, 3.63) is 62.8 Å². The first-order valence-corrected chi connectivity index (χ1v) is 10.00. The molecule has 2 aromatic rings. The molecule has 0 radical (unpaired) electrons. The van der Waals surface area contributed by atoms with E-state index in [1.165, 1.54) is 0 Å². The van der Waals surface area contributed by atoms with Gasteiger partial charge in [-0.2, -0.15) is 0 Å². The van der Waals surface area contributed by atoms with Gasteiger partial charge in [0.25, 0.3) is 0 Å². The van der Waals surface area contributed by atoms with E-state index < -0.39 is 0 Å². The minimum Gasteiger partial charge on any atom is -0.454 e. The molecule has 0 aromatic heterocycles. The van der Waals surface area contributed by atoms with Gasteiger partial charge in [0.2, 0.25) is 6.79 Å². The molecule has 0 saturated carbocycles. The summed E-state index contributed by atoms with van der Waals surface area (Å²) in [6, 6.07) is 9.35. The monoisotopic (exact) mass is 415 g/mol. The molecule has 2 heterocycles. The summed E-state index contributed by atoms with van der Waals surface area (Å²) < 4.78 is 11.1. The lowest BCUT2D eigenvalue weighted by atomic mass is 9.68. The minimum absolute atomic E-state index is 0.0922. The number of anilines is 1. The van der Waals surface area contributed by atoms with Crippen LogP contribution in [0.3, 0.4) is 0 Å². The first kappa shape index (κ1) is 17.9. The van der Waals surface area contributed by atoms with Crippen LogP contribution in [0, 0.1) is 5.41 Å². The Morgan fingerprint density at radius 3 is 2.54 bits per heavy atom. The number of rotatable bonds is 1. The van der Waals surface area contributed by atoms with Crippen LogP contribution < -0.4 is 14.8 Å². The molecule has 0 bridgehead atoms. The second-order valence-electron chi connectivity index (χ2n) is 8.35. The van der Waals surface area contributed by atoms with Gasteiger partial charge in [-0.3, -0.25) is 4.79 Å². The summed E-state index contributed by atoms with van der Waals surface area (Å²) in [6.07, 6.45) is 1.30. The lowest BCUT2D eigenvalue weighted by Gasteiger charge is -2.39. The van der Waals surface area contributed by atoms with Crippen molar-refractivity contribution >= 4 is 34.7 Å². The highest BCUT2D eigenvalue weighted by Gasteiger charge is 2.41. The third-order valence-corrected chi connectivity index (χ3v) is 6.19. The molecule has 0 amide bonds. The van der Waals surface area contributed by atoms with Crippen molar-refractivity contribution in [2.45, 2.75) is 32.6 Å². The van der Waals surface area contributed by atoms with Gasteiger partial charge in [-0.15, -0.1) is 0 Å². The average molecular weight is 416 g/mol. The van der Waals surface area contributed by atoms with Crippen molar-refractivity contribution in [2.24, 2.45) is 5.41 Å². The number of ketones is 1. The Morgan fingerprint density at radius 2 is 1.79 bits per heavy atom. The zero-order chi connectivity index (χ0) is 19.6. The van der Waals surface area contributed by atoms with Crippen LogP contribution in [0.5, 0.6) is 11.5 Å². The Labute approximate surface area is 173 Å². The number of allylic oxidation sites excluding steroid dienone is 2. The number of nitrogens with one attached hydrogen (secondary N) is 1. The molecule has 1 aliphatic carbocycles. The number of hydrogen-bond acceptors (Lipinski definition) is 4. The molecule has 0 unspecified atom stereocenters. The van der Waals surface area contributed by atoms with Crippen LogP contribution in [-0.4, -0.2) is 12.6 Å². The standard InChI is InChI=1S/C22H19Cl2NO3/c1-22(2)8-16-21(17(26)9-22)20(12-4-3-11(23)5-14(12)24)13-6-18-19(28-10-27-18)7-15(13)25-16/h3-7,20,25H,8-10H2,1-2H3/t20-/m0/s1. The number of ether oxygens (including phenoxy) is 2. The summed E-state index contributed by atoms with van der Waals surface area (Å²) in [5.74, 6) is 1.27. The maximum Gasteiger partial charge on any atom is 0.231 e. The fraction of sp³-hybridized carbons (Fsp3) is 0.318. The van der Waals surface area contributed by atoms with Crippen molar-refractivity contribution in [3.8, 4) is 11.5 Å². The number of carbonyl (C=O) groups is 1. The van der Waals surface area contributed by atoms with E-state index in [0.717, 1.165) is 34.5 Å². The van der Waals surface area contributed by atoms with Gasteiger partial charge in [-0.25, -0.2) is 0 Å². The molecular weight excluding hydrogens is 397 g/mol. The highest BCUT2D eigenvalue weighted by Crippen LogP contribution is 2.52. The van der Waals surface area contributed by atoms with Crippen LogP contribution in [0.2, 0.25) is 10.0 Å². The predicted molar refractivity (Wildman–Crippen MR) is 110 cm³/mol. The first-order chi connectivity index (χ1) is 13.3. The van der Waals surface area contributed by atoms with E-state index in [-0.39, 0.29) is 23.9 Å². The van der Waals surface area contributed by atoms with E-state index in [4.69, 9.17) is 32.7 Å². The summed E-state index contributed by atoms with van der Waals surface area (Å²) in [5.41, 5.74) is 4.40. The van der Waals surface area contributed by atoms with Crippen molar-refractivity contribution in [3.63, 3.8) is 0 Å². The van der Waals surface area contributed by atoms with Gasteiger partial charge < -0.3 is 14.8 Å². The molecule has 3 aliphatic rings. The van der Waals surface area contributed by atoms with Gasteiger partial charge >= 0.3 is 0 Å². The molecule has 28 heavy (non-hydrogen) atoms. The smallest absolute Gasteiger partial charge is 0.231 e. The quantitative estimate of drug-likeness (QED) is 0.627. The zero-order valence-electron chi connectivity index (χ0n) is 15.6. The minimum atomic E-state index is -0.269. The summed E-state index contributed by atoms with van der Waals surface area (Å²) >= 11 is 12.7. The molecule has 2 aromatic carbocycles. The Bertz CT molecular complexity index is 1060. The van der Waals surface area contributed by atoms with Crippen LogP contribution in [0.25, 0.3) is 0 Å². The Balaban J connectivity index is 1.75. The number of benzene rings is 2. The largest absolute Gasteiger partial charge is 0.454 e. The number of halogens is 2. The van der Waals surface area contributed by atoms with Crippen molar-refractivity contribution < 1.29 is 14.3 Å². The average Bonchev–Trinajstić information content (AvgIpc) is 3.05. The van der Waals surface area contributed by atoms with Crippen LogP contribution in [0.4, 0.5) is 5.69 Å². The highest BCUT2D eigenvalue weighted by molar-refractivity contribution is 6.35. The Hall–Kier alpha value is -2.17. The number of fused-ring (bicyclic) bond motifs is 2.